The SMILES string of the molecule is CC(C)(C)c1ccc2[nH]c3c(-c4nc5c(-c6cc(-c7ccccn7)c7c(c6)oc6ccccc67)cccc5n4C(C)(C)C)cc(C(C)(C)C)cc3c2c1. The number of aromatic amines is 1. The number of nitrogens with zero attached hydrogens (tertiary/aromatic N) is 3. The molecule has 4 heterocycles. The van der Waals surface area contributed by atoms with Crippen LogP contribution in [-0.2, 0) is 16.4 Å². The van der Waals surface area contributed by atoms with Gasteiger partial charge in [-0.2, -0.15) is 0 Å². The maximum absolute atomic E-state index is 6.54. The number of aromatic nitrogens is 4. The molecule has 0 radical (unpaired) electrons. The molecule has 9 aromatic rings. The van der Waals surface area contributed by atoms with Crippen molar-refractivity contribution in [3.05, 3.63) is 120 Å². The fourth-order valence-electron chi connectivity index (χ4n) is 8.00. The van der Waals surface area contributed by atoms with Crippen LogP contribution in [0.5, 0.6) is 0 Å². The number of fused-ring (bicyclic) bond motifs is 7. The van der Waals surface area contributed by atoms with Gasteiger partial charge in [0, 0.05) is 55.5 Å². The molecule has 4 aromatic heterocycles. The van der Waals surface area contributed by atoms with Gasteiger partial charge in [0.2, 0.25) is 0 Å². The number of benzene rings is 5. The van der Waals surface area contributed by atoms with Gasteiger partial charge in [-0.15, -0.1) is 0 Å². The highest BCUT2D eigenvalue weighted by Gasteiger charge is 2.28. The highest BCUT2D eigenvalue weighted by Crippen LogP contribution is 2.44. The predicted octanol–water partition coefficient (Wildman–Crippen LogP) is 13.3. The Balaban J connectivity index is 1.35. The summed E-state index contributed by atoms with van der Waals surface area (Å²) in [6, 6.07) is 37.0. The van der Waals surface area contributed by atoms with E-state index in [9.17, 15) is 0 Å². The average molecular weight is 695 g/mol. The zero-order valence-corrected chi connectivity index (χ0v) is 32.1. The number of furan rings is 1. The maximum atomic E-state index is 6.54. The van der Waals surface area contributed by atoms with Crippen LogP contribution in [-0.4, -0.2) is 19.5 Å². The zero-order valence-electron chi connectivity index (χ0n) is 32.1. The number of hydrogen-bond donors (Lipinski definition) is 1. The summed E-state index contributed by atoms with van der Waals surface area (Å²) in [5.74, 6) is 0.952. The summed E-state index contributed by atoms with van der Waals surface area (Å²) >= 11 is 0. The molecule has 5 heteroatoms. The molecule has 0 aliphatic rings. The van der Waals surface area contributed by atoms with E-state index >= 15 is 0 Å². The zero-order chi connectivity index (χ0) is 37.0. The minimum Gasteiger partial charge on any atom is -0.456 e. The molecule has 264 valence electrons. The van der Waals surface area contributed by atoms with E-state index in [1.165, 1.54) is 21.9 Å². The molecule has 0 bridgehead atoms. The standard InChI is InChI=1S/C48H46N4O/c1-46(2,3)29-20-21-38-33(25-29)34-26-30(47(4,5)6)27-36(43(34)50-38)45-51-44-31(16-14-18-39(44)52(45)48(7,8)9)28-23-35(37-17-12-13-22-49-37)42-32-15-10-11-19-40(32)53-41(42)24-28/h10-27,50H,1-9H3. The van der Waals surface area contributed by atoms with E-state index in [1.54, 1.807) is 0 Å². The molecule has 9 rings (SSSR count). The summed E-state index contributed by atoms with van der Waals surface area (Å²) in [4.78, 5) is 14.3. The lowest BCUT2D eigenvalue weighted by Crippen LogP contribution is -2.23. The number of hydrogen-bond acceptors (Lipinski definition) is 3. The summed E-state index contributed by atoms with van der Waals surface area (Å²) in [6.07, 6.45) is 1.86. The first-order valence-electron chi connectivity index (χ1n) is 18.7. The van der Waals surface area contributed by atoms with E-state index in [2.05, 4.69) is 151 Å². The summed E-state index contributed by atoms with van der Waals surface area (Å²) in [7, 11) is 0. The average Bonchev–Trinajstić information content (AvgIpc) is 3.81. The Morgan fingerprint density at radius 2 is 1.36 bits per heavy atom. The van der Waals surface area contributed by atoms with Crippen LogP contribution < -0.4 is 0 Å². The van der Waals surface area contributed by atoms with E-state index in [0.717, 1.165) is 77.8 Å². The first kappa shape index (κ1) is 33.2. The summed E-state index contributed by atoms with van der Waals surface area (Å²) in [5.41, 5.74) is 13.5. The van der Waals surface area contributed by atoms with Gasteiger partial charge in [0.05, 0.1) is 22.2 Å². The third-order valence-electron chi connectivity index (χ3n) is 10.8. The summed E-state index contributed by atoms with van der Waals surface area (Å²) in [5, 5.41) is 4.64. The normalized spacial score (nSPS) is 13.0. The Labute approximate surface area is 310 Å². The molecule has 53 heavy (non-hydrogen) atoms. The molecule has 5 nitrogen and oxygen atoms in total. The predicted molar refractivity (Wildman–Crippen MR) is 223 cm³/mol. The van der Waals surface area contributed by atoms with Gasteiger partial charge < -0.3 is 14.0 Å². The summed E-state index contributed by atoms with van der Waals surface area (Å²) < 4.78 is 8.96. The second kappa shape index (κ2) is 11.4. The van der Waals surface area contributed by atoms with Crippen LogP contribution in [0, 0.1) is 0 Å². The smallest absolute Gasteiger partial charge is 0.143 e. The number of H-pyrrole nitrogens is 1. The molecule has 5 aromatic carbocycles. The molecule has 0 spiro atoms. The highest BCUT2D eigenvalue weighted by atomic mass is 16.3. The minimum absolute atomic E-state index is 0.0424. The third kappa shape index (κ3) is 5.36. The van der Waals surface area contributed by atoms with Gasteiger partial charge in [0.1, 0.15) is 17.0 Å². The molecule has 0 atom stereocenters. The molecule has 0 saturated carbocycles. The molecule has 0 fully saturated rings. The molecule has 0 amide bonds. The second-order valence-electron chi connectivity index (χ2n) is 17.7. The monoisotopic (exact) mass is 694 g/mol. The third-order valence-corrected chi connectivity index (χ3v) is 10.8. The van der Waals surface area contributed by atoms with Crippen molar-refractivity contribution in [2.24, 2.45) is 0 Å². The molecular formula is C48H46N4O. The van der Waals surface area contributed by atoms with E-state index in [-0.39, 0.29) is 16.4 Å². The van der Waals surface area contributed by atoms with E-state index in [1.807, 2.05) is 30.5 Å². The van der Waals surface area contributed by atoms with Crippen molar-refractivity contribution in [2.75, 3.05) is 0 Å². The van der Waals surface area contributed by atoms with Gasteiger partial charge in [-0.25, -0.2) is 4.98 Å². The van der Waals surface area contributed by atoms with E-state index in [4.69, 9.17) is 14.4 Å². The van der Waals surface area contributed by atoms with Crippen molar-refractivity contribution < 1.29 is 4.42 Å². The van der Waals surface area contributed by atoms with Crippen molar-refractivity contribution in [3.8, 4) is 33.8 Å². The van der Waals surface area contributed by atoms with Crippen molar-refractivity contribution in [1.82, 2.24) is 19.5 Å². The Morgan fingerprint density at radius 3 is 2.09 bits per heavy atom. The van der Waals surface area contributed by atoms with Crippen LogP contribution in [0.2, 0.25) is 0 Å². The van der Waals surface area contributed by atoms with Crippen LogP contribution in [0.15, 0.2) is 114 Å². The molecular weight excluding hydrogens is 649 g/mol. The largest absolute Gasteiger partial charge is 0.456 e. The molecule has 0 aliphatic carbocycles. The van der Waals surface area contributed by atoms with Crippen LogP contribution in [0.3, 0.4) is 0 Å². The Morgan fingerprint density at radius 1 is 0.604 bits per heavy atom. The number of para-hydroxylation sites is 2. The number of nitrogens with one attached hydrogen (secondary N) is 1. The fraction of sp³-hybridized carbons (Fsp3) is 0.250. The Bertz CT molecular complexity index is 2880. The lowest BCUT2D eigenvalue weighted by Gasteiger charge is -2.26. The number of rotatable bonds is 3. The van der Waals surface area contributed by atoms with Gasteiger partial charge >= 0.3 is 0 Å². The van der Waals surface area contributed by atoms with E-state index in [0.29, 0.717) is 0 Å². The Kier molecular flexibility index (Phi) is 7.14. The van der Waals surface area contributed by atoms with Gasteiger partial charge in [-0.05, 0) is 109 Å². The van der Waals surface area contributed by atoms with Crippen molar-refractivity contribution in [1.29, 1.82) is 0 Å². The maximum Gasteiger partial charge on any atom is 0.143 e. The first-order chi connectivity index (χ1) is 25.2. The van der Waals surface area contributed by atoms with Crippen molar-refractivity contribution in [2.45, 2.75) is 78.7 Å². The van der Waals surface area contributed by atoms with Gasteiger partial charge in [0.25, 0.3) is 0 Å². The number of pyridine rings is 1. The second-order valence-corrected chi connectivity index (χ2v) is 17.7. The molecule has 0 aliphatic heterocycles. The molecule has 0 saturated heterocycles. The minimum atomic E-state index is -0.264. The highest BCUT2D eigenvalue weighted by molar-refractivity contribution is 6.15. The van der Waals surface area contributed by atoms with Crippen LogP contribution >= 0.6 is 0 Å². The van der Waals surface area contributed by atoms with Gasteiger partial charge in [-0.1, -0.05) is 84.0 Å². The van der Waals surface area contributed by atoms with Crippen LogP contribution in [0.4, 0.5) is 0 Å². The van der Waals surface area contributed by atoms with Crippen molar-refractivity contribution >= 4 is 54.8 Å². The number of imidazole rings is 1. The van der Waals surface area contributed by atoms with Gasteiger partial charge in [-0.3, -0.25) is 4.98 Å². The lowest BCUT2D eigenvalue weighted by atomic mass is 9.84. The fourth-order valence-corrected chi connectivity index (χ4v) is 8.00. The molecule has 1 N–H and O–H groups in total. The lowest BCUT2D eigenvalue weighted by molar-refractivity contribution is 0.413. The Hall–Kier alpha value is -5.68. The van der Waals surface area contributed by atoms with Crippen LogP contribution in [0.1, 0.15) is 73.4 Å². The first-order valence-corrected chi connectivity index (χ1v) is 18.7. The molecule has 0 unspecified atom stereocenters. The van der Waals surface area contributed by atoms with E-state index < -0.39 is 0 Å². The summed E-state index contributed by atoms with van der Waals surface area (Å²) in [6.45, 7) is 20.6. The quantitative estimate of drug-likeness (QED) is 0.200. The van der Waals surface area contributed by atoms with Crippen molar-refractivity contribution in [3.63, 3.8) is 0 Å². The topological polar surface area (TPSA) is 59.6 Å². The van der Waals surface area contributed by atoms with Crippen LogP contribution in [0.25, 0.3) is 88.5 Å². The van der Waals surface area contributed by atoms with Gasteiger partial charge in [0.15, 0.2) is 0 Å².